The minimum atomic E-state index is -3.03. The average molecular weight is 221 g/mol. The SMILES string of the molecule is COc1cc(Cl)cc(C(=O)C(F)F)c1. The highest BCUT2D eigenvalue weighted by atomic mass is 35.5. The summed E-state index contributed by atoms with van der Waals surface area (Å²) in [6.07, 6.45) is -3.03. The second-order valence-electron chi connectivity index (χ2n) is 2.54. The third kappa shape index (κ3) is 2.42. The maximum atomic E-state index is 12.0. The lowest BCUT2D eigenvalue weighted by atomic mass is 10.1. The summed E-state index contributed by atoms with van der Waals surface area (Å²) >= 11 is 5.60. The van der Waals surface area contributed by atoms with Crippen LogP contribution in [0.3, 0.4) is 0 Å². The average Bonchev–Trinajstić information content (AvgIpc) is 2.15. The monoisotopic (exact) mass is 220 g/mol. The number of methoxy groups -OCH3 is 1. The van der Waals surface area contributed by atoms with E-state index in [1.165, 1.54) is 25.3 Å². The fourth-order valence-electron chi connectivity index (χ4n) is 0.949. The first-order valence-corrected chi connectivity index (χ1v) is 4.09. The highest BCUT2D eigenvalue weighted by Gasteiger charge is 2.18. The summed E-state index contributed by atoms with van der Waals surface area (Å²) in [4.78, 5) is 10.9. The number of halogens is 3. The molecule has 0 aliphatic rings. The number of hydrogen-bond acceptors (Lipinski definition) is 2. The molecule has 2 nitrogen and oxygen atoms in total. The van der Waals surface area contributed by atoms with Gasteiger partial charge in [0.05, 0.1) is 7.11 Å². The molecule has 0 heterocycles. The molecule has 0 aromatic heterocycles. The van der Waals surface area contributed by atoms with E-state index in [1.807, 2.05) is 0 Å². The van der Waals surface area contributed by atoms with Crippen LogP contribution in [0.5, 0.6) is 5.75 Å². The molecule has 0 saturated carbocycles. The van der Waals surface area contributed by atoms with Crippen molar-refractivity contribution in [3.63, 3.8) is 0 Å². The standard InChI is InChI=1S/C9H7ClF2O2/c1-14-7-3-5(2-6(10)4-7)8(13)9(11)12/h2-4,9H,1H3. The van der Waals surface area contributed by atoms with Gasteiger partial charge in [0, 0.05) is 10.6 Å². The van der Waals surface area contributed by atoms with Gasteiger partial charge in [-0.1, -0.05) is 11.6 Å². The number of ether oxygens (including phenoxy) is 1. The van der Waals surface area contributed by atoms with Gasteiger partial charge in [0.1, 0.15) is 5.75 Å². The molecule has 5 heteroatoms. The van der Waals surface area contributed by atoms with Crippen molar-refractivity contribution in [1.82, 2.24) is 0 Å². The Hall–Kier alpha value is -1.16. The summed E-state index contributed by atoms with van der Waals surface area (Å²) in [5.41, 5.74) is -0.149. The summed E-state index contributed by atoms with van der Waals surface area (Å²) in [6, 6.07) is 3.84. The van der Waals surface area contributed by atoms with Crippen LogP contribution in [0, 0.1) is 0 Å². The summed E-state index contributed by atoms with van der Waals surface area (Å²) in [7, 11) is 1.36. The number of Topliss-reactive ketones (excluding diaryl/α,β-unsaturated/α-hetero) is 1. The molecule has 0 fully saturated rings. The molecule has 0 spiro atoms. The molecule has 0 N–H and O–H groups in total. The van der Waals surface area contributed by atoms with E-state index in [2.05, 4.69) is 0 Å². The summed E-state index contributed by atoms with van der Waals surface area (Å²) in [5.74, 6) is -0.979. The molecule has 14 heavy (non-hydrogen) atoms. The topological polar surface area (TPSA) is 26.3 Å². The molecule has 1 rings (SSSR count). The molecule has 0 atom stereocenters. The highest BCUT2D eigenvalue weighted by molar-refractivity contribution is 6.31. The van der Waals surface area contributed by atoms with Crippen LogP contribution in [0.4, 0.5) is 8.78 Å². The van der Waals surface area contributed by atoms with E-state index in [1.54, 1.807) is 0 Å². The summed E-state index contributed by atoms with van der Waals surface area (Å²) < 4.78 is 28.9. The Morgan fingerprint density at radius 3 is 2.57 bits per heavy atom. The highest BCUT2D eigenvalue weighted by Crippen LogP contribution is 2.22. The van der Waals surface area contributed by atoms with Crippen LogP contribution in [0.25, 0.3) is 0 Å². The van der Waals surface area contributed by atoms with Crippen molar-refractivity contribution in [2.75, 3.05) is 7.11 Å². The normalized spacial score (nSPS) is 10.4. The van der Waals surface area contributed by atoms with Gasteiger partial charge in [0.15, 0.2) is 0 Å². The van der Waals surface area contributed by atoms with Crippen molar-refractivity contribution >= 4 is 17.4 Å². The van der Waals surface area contributed by atoms with Gasteiger partial charge in [-0.3, -0.25) is 4.79 Å². The van der Waals surface area contributed by atoms with E-state index in [0.717, 1.165) is 0 Å². The second-order valence-corrected chi connectivity index (χ2v) is 2.98. The second kappa shape index (κ2) is 4.37. The van der Waals surface area contributed by atoms with Gasteiger partial charge in [-0.05, 0) is 18.2 Å². The molecule has 0 saturated heterocycles. The molecular formula is C9H7ClF2O2. The third-order valence-electron chi connectivity index (χ3n) is 1.59. The smallest absolute Gasteiger partial charge is 0.300 e. The summed E-state index contributed by atoms with van der Waals surface area (Å²) in [5, 5.41) is 0.188. The van der Waals surface area contributed by atoms with Gasteiger partial charge in [0.2, 0.25) is 5.78 Å². The van der Waals surface area contributed by atoms with Crippen LogP contribution in [-0.2, 0) is 0 Å². The molecule has 0 unspecified atom stereocenters. The van der Waals surface area contributed by atoms with E-state index in [0.29, 0.717) is 0 Å². The minimum Gasteiger partial charge on any atom is -0.497 e. The fraction of sp³-hybridized carbons (Fsp3) is 0.222. The Balaban J connectivity index is 3.09. The van der Waals surface area contributed by atoms with E-state index in [9.17, 15) is 13.6 Å². The third-order valence-corrected chi connectivity index (χ3v) is 1.81. The number of hydrogen-bond donors (Lipinski definition) is 0. The maximum Gasteiger partial charge on any atom is 0.300 e. The molecule has 0 bridgehead atoms. The van der Waals surface area contributed by atoms with Gasteiger partial charge < -0.3 is 4.74 Å². The van der Waals surface area contributed by atoms with Crippen LogP contribution >= 0.6 is 11.6 Å². The van der Waals surface area contributed by atoms with Crippen molar-refractivity contribution in [1.29, 1.82) is 0 Å². The predicted octanol–water partition coefficient (Wildman–Crippen LogP) is 2.80. The first-order valence-electron chi connectivity index (χ1n) is 3.71. The lowest BCUT2D eigenvalue weighted by molar-refractivity contribution is 0.0678. The first kappa shape index (κ1) is 10.9. The molecule has 0 aliphatic carbocycles. The number of rotatable bonds is 3. The van der Waals surface area contributed by atoms with Crippen molar-refractivity contribution in [3.8, 4) is 5.75 Å². The Labute approximate surface area is 84.4 Å². The Kier molecular flexibility index (Phi) is 3.41. The van der Waals surface area contributed by atoms with Gasteiger partial charge in [-0.25, -0.2) is 8.78 Å². The zero-order valence-corrected chi connectivity index (χ0v) is 8.02. The molecule has 76 valence electrons. The molecule has 0 aliphatic heterocycles. The van der Waals surface area contributed by atoms with Crippen LogP contribution < -0.4 is 4.74 Å². The number of alkyl halides is 2. The Bertz CT molecular complexity index is 353. The van der Waals surface area contributed by atoms with Crippen LogP contribution in [-0.4, -0.2) is 19.3 Å². The quantitative estimate of drug-likeness (QED) is 0.733. The zero-order chi connectivity index (χ0) is 10.7. The molecule has 0 radical (unpaired) electrons. The lowest BCUT2D eigenvalue weighted by Gasteiger charge is -2.04. The van der Waals surface area contributed by atoms with Gasteiger partial charge >= 0.3 is 6.43 Å². The minimum absolute atomic E-state index is 0.149. The van der Waals surface area contributed by atoms with Crippen molar-refractivity contribution < 1.29 is 18.3 Å². The van der Waals surface area contributed by atoms with Crippen molar-refractivity contribution in [3.05, 3.63) is 28.8 Å². The largest absolute Gasteiger partial charge is 0.497 e. The van der Waals surface area contributed by atoms with Crippen LogP contribution in [0.2, 0.25) is 5.02 Å². The van der Waals surface area contributed by atoms with Gasteiger partial charge in [-0.2, -0.15) is 0 Å². The summed E-state index contributed by atoms with van der Waals surface area (Å²) in [6.45, 7) is 0. The van der Waals surface area contributed by atoms with E-state index in [4.69, 9.17) is 16.3 Å². The van der Waals surface area contributed by atoms with Crippen LogP contribution in [0.1, 0.15) is 10.4 Å². The van der Waals surface area contributed by atoms with Gasteiger partial charge in [-0.15, -0.1) is 0 Å². The fourth-order valence-corrected chi connectivity index (χ4v) is 1.17. The van der Waals surface area contributed by atoms with Crippen molar-refractivity contribution in [2.45, 2.75) is 6.43 Å². The van der Waals surface area contributed by atoms with Gasteiger partial charge in [0.25, 0.3) is 0 Å². The number of carbonyl (C=O) groups excluding carboxylic acids is 1. The molecule has 1 aromatic carbocycles. The first-order chi connectivity index (χ1) is 6.54. The van der Waals surface area contributed by atoms with Crippen molar-refractivity contribution in [2.24, 2.45) is 0 Å². The number of carbonyl (C=O) groups is 1. The van der Waals surface area contributed by atoms with E-state index in [-0.39, 0.29) is 16.3 Å². The maximum absolute atomic E-state index is 12.0. The molecule has 0 amide bonds. The number of ketones is 1. The molecule has 1 aromatic rings. The Morgan fingerprint density at radius 1 is 1.43 bits per heavy atom. The zero-order valence-electron chi connectivity index (χ0n) is 7.26. The number of benzene rings is 1. The Morgan fingerprint density at radius 2 is 2.07 bits per heavy atom. The van der Waals surface area contributed by atoms with E-state index >= 15 is 0 Å². The van der Waals surface area contributed by atoms with Crippen LogP contribution in [0.15, 0.2) is 18.2 Å². The van der Waals surface area contributed by atoms with E-state index < -0.39 is 12.2 Å². The lowest BCUT2D eigenvalue weighted by Crippen LogP contribution is -2.10. The molecular weight excluding hydrogens is 214 g/mol. The predicted molar refractivity (Wildman–Crippen MR) is 48.3 cm³/mol.